The number of carbonyl (C=O) groups excluding carboxylic acids is 1. The molecular formula is C12H21N5O2. The third kappa shape index (κ3) is 3.73. The van der Waals surface area contributed by atoms with Crippen LogP contribution in [0.5, 0.6) is 0 Å². The van der Waals surface area contributed by atoms with Crippen LogP contribution >= 0.6 is 0 Å². The van der Waals surface area contributed by atoms with Crippen molar-refractivity contribution in [3.05, 3.63) is 5.82 Å². The van der Waals surface area contributed by atoms with Gasteiger partial charge in [-0.1, -0.05) is 11.6 Å². The van der Waals surface area contributed by atoms with Crippen molar-refractivity contribution in [3.8, 4) is 0 Å². The Hall–Kier alpha value is -1.50. The number of aromatic nitrogens is 4. The first kappa shape index (κ1) is 13.9. The minimum atomic E-state index is -0.0683. The Morgan fingerprint density at radius 1 is 1.58 bits per heavy atom. The van der Waals surface area contributed by atoms with E-state index >= 15 is 0 Å². The molecule has 2 N–H and O–H groups in total. The molecule has 7 heteroatoms. The normalized spacial score (nSPS) is 24.9. The Balaban J connectivity index is 1.85. The number of carbonyl (C=O) groups is 1. The molecule has 2 rings (SSSR count). The standard InChI is InChI=1S/C12H21N5O2/c1-3-19-12(18)9-5-4-6-10(7-9)13-8(2)11-14-16-17-15-11/h8-10,13H,3-7H2,1-2H3,(H,14,15,16,17). The van der Waals surface area contributed by atoms with Crippen LogP contribution in [0.4, 0.5) is 0 Å². The van der Waals surface area contributed by atoms with Gasteiger partial charge in [-0.3, -0.25) is 4.79 Å². The van der Waals surface area contributed by atoms with E-state index in [1.54, 1.807) is 0 Å². The summed E-state index contributed by atoms with van der Waals surface area (Å²) in [4.78, 5) is 11.8. The van der Waals surface area contributed by atoms with E-state index in [2.05, 4.69) is 25.9 Å². The van der Waals surface area contributed by atoms with Crippen LogP contribution in [0.25, 0.3) is 0 Å². The zero-order valence-corrected chi connectivity index (χ0v) is 11.4. The summed E-state index contributed by atoms with van der Waals surface area (Å²) >= 11 is 0. The highest BCUT2D eigenvalue weighted by Gasteiger charge is 2.29. The highest BCUT2D eigenvalue weighted by atomic mass is 16.5. The van der Waals surface area contributed by atoms with Gasteiger partial charge in [0, 0.05) is 6.04 Å². The summed E-state index contributed by atoms with van der Waals surface area (Å²) in [6.45, 7) is 4.29. The molecule has 0 bridgehead atoms. The third-order valence-electron chi connectivity index (χ3n) is 3.53. The molecule has 1 aliphatic carbocycles. The summed E-state index contributed by atoms with van der Waals surface area (Å²) < 4.78 is 5.10. The first-order valence-electron chi connectivity index (χ1n) is 6.86. The predicted molar refractivity (Wildman–Crippen MR) is 68.1 cm³/mol. The first-order valence-corrected chi connectivity index (χ1v) is 6.86. The fourth-order valence-corrected chi connectivity index (χ4v) is 2.60. The van der Waals surface area contributed by atoms with Crippen LogP contribution in [-0.4, -0.2) is 39.2 Å². The molecule has 1 heterocycles. The van der Waals surface area contributed by atoms with Gasteiger partial charge in [-0.15, -0.1) is 10.2 Å². The Labute approximate surface area is 112 Å². The van der Waals surface area contributed by atoms with Crippen molar-refractivity contribution in [3.63, 3.8) is 0 Å². The monoisotopic (exact) mass is 267 g/mol. The van der Waals surface area contributed by atoms with Gasteiger partial charge in [-0.05, 0) is 33.1 Å². The summed E-state index contributed by atoms with van der Waals surface area (Å²) in [5, 5.41) is 17.4. The van der Waals surface area contributed by atoms with E-state index in [1.165, 1.54) is 0 Å². The second kappa shape index (κ2) is 6.60. The van der Waals surface area contributed by atoms with Crippen LogP contribution in [-0.2, 0) is 9.53 Å². The van der Waals surface area contributed by atoms with Gasteiger partial charge in [-0.25, -0.2) is 0 Å². The van der Waals surface area contributed by atoms with Crippen molar-refractivity contribution in [1.82, 2.24) is 25.9 Å². The zero-order valence-electron chi connectivity index (χ0n) is 11.4. The number of aromatic amines is 1. The SMILES string of the molecule is CCOC(=O)C1CCCC(NC(C)c2nn[nH]n2)C1. The molecule has 1 saturated carbocycles. The highest BCUT2D eigenvalue weighted by molar-refractivity contribution is 5.72. The topological polar surface area (TPSA) is 92.8 Å². The van der Waals surface area contributed by atoms with E-state index in [1.807, 2.05) is 13.8 Å². The lowest BCUT2D eigenvalue weighted by Gasteiger charge is -2.30. The summed E-state index contributed by atoms with van der Waals surface area (Å²) in [5.41, 5.74) is 0. The molecule has 106 valence electrons. The minimum absolute atomic E-state index is 0.0173. The van der Waals surface area contributed by atoms with Gasteiger partial charge < -0.3 is 10.1 Å². The van der Waals surface area contributed by atoms with Crippen molar-refractivity contribution in [1.29, 1.82) is 0 Å². The van der Waals surface area contributed by atoms with Crippen molar-refractivity contribution in [2.45, 2.75) is 51.6 Å². The molecule has 3 unspecified atom stereocenters. The highest BCUT2D eigenvalue weighted by Crippen LogP contribution is 2.26. The van der Waals surface area contributed by atoms with Gasteiger partial charge >= 0.3 is 5.97 Å². The van der Waals surface area contributed by atoms with E-state index in [-0.39, 0.29) is 17.9 Å². The van der Waals surface area contributed by atoms with Crippen LogP contribution in [0.2, 0.25) is 0 Å². The van der Waals surface area contributed by atoms with Gasteiger partial charge in [0.15, 0.2) is 5.82 Å². The second-order valence-corrected chi connectivity index (χ2v) is 4.97. The Bertz CT molecular complexity index is 395. The Morgan fingerprint density at radius 2 is 2.42 bits per heavy atom. The maximum atomic E-state index is 11.8. The minimum Gasteiger partial charge on any atom is -0.466 e. The number of hydrogen-bond donors (Lipinski definition) is 2. The van der Waals surface area contributed by atoms with Crippen molar-refractivity contribution in [2.24, 2.45) is 5.92 Å². The van der Waals surface area contributed by atoms with E-state index in [0.717, 1.165) is 25.7 Å². The number of tetrazole rings is 1. The first-order chi connectivity index (χ1) is 9.20. The number of rotatable bonds is 5. The molecule has 0 amide bonds. The van der Waals surface area contributed by atoms with Gasteiger partial charge in [0.2, 0.25) is 0 Å². The molecule has 1 aliphatic rings. The molecular weight excluding hydrogens is 246 g/mol. The van der Waals surface area contributed by atoms with Gasteiger partial charge in [0.05, 0.1) is 18.6 Å². The van der Waals surface area contributed by atoms with E-state index < -0.39 is 0 Å². The molecule has 0 aromatic carbocycles. The number of hydrogen-bond acceptors (Lipinski definition) is 6. The van der Waals surface area contributed by atoms with Gasteiger partial charge in [0.25, 0.3) is 0 Å². The second-order valence-electron chi connectivity index (χ2n) is 4.97. The summed E-state index contributed by atoms with van der Waals surface area (Å²) in [6, 6.07) is 0.335. The van der Waals surface area contributed by atoms with Crippen LogP contribution in [0.15, 0.2) is 0 Å². The molecule has 0 aliphatic heterocycles. The fourth-order valence-electron chi connectivity index (χ4n) is 2.60. The number of ether oxygens (including phenoxy) is 1. The number of esters is 1. The molecule has 0 saturated heterocycles. The maximum Gasteiger partial charge on any atom is 0.308 e. The number of nitrogens with zero attached hydrogens (tertiary/aromatic N) is 3. The molecule has 3 atom stereocenters. The predicted octanol–water partition coefficient (Wildman–Crippen LogP) is 0.972. The van der Waals surface area contributed by atoms with E-state index in [4.69, 9.17) is 4.74 Å². The lowest BCUT2D eigenvalue weighted by Crippen LogP contribution is -2.38. The average molecular weight is 267 g/mol. The van der Waals surface area contributed by atoms with E-state index in [9.17, 15) is 4.79 Å². The zero-order chi connectivity index (χ0) is 13.7. The molecule has 0 radical (unpaired) electrons. The fraction of sp³-hybridized carbons (Fsp3) is 0.833. The average Bonchev–Trinajstić information content (AvgIpc) is 2.93. The van der Waals surface area contributed by atoms with Gasteiger partial charge in [-0.2, -0.15) is 5.21 Å². The largest absolute Gasteiger partial charge is 0.466 e. The van der Waals surface area contributed by atoms with Crippen LogP contribution < -0.4 is 5.32 Å². The number of H-pyrrole nitrogens is 1. The molecule has 1 fully saturated rings. The molecule has 0 spiro atoms. The summed E-state index contributed by atoms with van der Waals surface area (Å²) in [5.74, 6) is 0.600. The van der Waals surface area contributed by atoms with E-state index in [0.29, 0.717) is 18.5 Å². The third-order valence-corrected chi connectivity index (χ3v) is 3.53. The molecule has 7 nitrogen and oxygen atoms in total. The maximum absolute atomic E-state index is 11.8. The number of nitrogens with one attached hydrogen (secondary N) is 2. The lowest BCUT2D eigenvalue weighted by atomic mass is 9.85. The summed E-state index contributed by atoms with van der Waals surface area (Å²) in [7, 11) is 0. The van der Waals surface area contributed by atoms with Crippen molar-refractivity contribution < 1.29 is 9.53 Å². The van der Waals surface area contributed by atoms with Crippen LogP contribution in [0.1, 0.15) is 51.4 Å². The molecule has 19 heavy (non-hydrogen) atoms. The Morgan fingerprint density at radius 3 is 3.11 bits per heavy atom. The molecule has 1 aromatic heterocycles. The van der Waals surface area contributed by atoms with Gasteiger partial charge in [0.1, 0.15) is 0 Å². The Kier molecular flexibility index (Phi) is 4.84. The lowest BCUT2D eigenvalue weighted by molar-refractivity contribution is -0.149. The van der Waals surface area contributed by atoms with Crippen molar-refractivity contribution in [2.75, 3.05) is 6.61 Å². The van der Waals surface area contributed by atoms with Crippen molar-refractivity contribution >= 4 is 5.97 Å². The van der Waals surface area contributed by atoms with Crippen LogP contribution in [0.3, 0.4) is 0 Å². The van der Waals surface area contributed by atoms with Crippen LogP contribution in [0, 0.1) is 5.92 Å². The molecule has 1 aromatic rings. The quantitative estimate of drug-likeness (QED) is 0.772. The smallest absolute Gasteiger partial charge is 0.308 e. The summed E-state index contributed by atoms with van der Waals surface area (Å²) in [6.07, 6.45) is 3.85.